The molecule has 1 saturated heterocycles. The fourth-order valence-electron chi connectivity index (χ4n) is 2.34. The zero-order valence-corrected chi connectivity index (χ0v) is 9.46. The lowest BCUT2D eigenvalue weighted by atomic mass is 9.91. The van der Waals surface area contributed by atoms with Gasteiger partial charge in [-0.2, -0.15) is 0 Å². The highest BCUT2D eigenvalue weighted by Gasteiger charge is 2.39. The van der Waals surface area contributed by atoms with Crippen LogP contribution in [0.1, 0.15) is 47.0 Å². The molecule has 0 spiro atoms. The molecule has 0 atom stereocenters. The molecule has 1 rings (SSSR count). The minimum Gasteiger partial charge on any atom is -0.277 e. The fraction of sp³-hybridized carbons (Fsp3) is 0.818. The molecule has 3 heteroatoms. The summed E-state index contributed by atoms with van der Waals surface area (Å²) in [5, 5.41) is 0. The first-order valence-corrected chi connectivity index (χ1v) is 5.20. The highest BCUT2D eigenvalue weighted by molar-refractivity contribution is 6.02. The lowest BCUT2D eigenvalue weighted by molar-refractivity contribution is -0.144. The van der Waals surface area contributed by atoms with E-state index in [2.05, 4.69) is 13.8 Å². The van der Waals surface area contributed by atoms with Crippen LogP contribution in [0.2, 0.25) is 0 Å². The van der Waals surface area contributed by atoms with Crippen LogP contribution < -0.4 is 0 Å². The predicted octanol–water partition coefficient (Wildman–Crippen LogP) is 1.96. The first-order chi connectivity index (χ1) is 6.34. The average Bonchev–Trinajstić information content (AvgIpc) is 2.27. The standard InChI is InChI=1S/C11H19NO2/c1-8(2)7-11(3,4)12-9(13)5-6-10(12)14/h8H,5-7H2,1-4H3. The zero-order chi connectivity index (χ0) is 10.9. The molecule has 0 saturated carbocycles. The molecule has 0 aromatic heterocycles. The van der Waals surface area contributed by atoms with Crippen molar-refractivity contribution in [2.45, 2.75) is 52.5 Å². The Morgan fingerprint density at radius 2 is 1.64 bits per heavy atom. The molecule has 0 bridgehead atoms. The summed E-state index contributed by atoms with van der Waals surface area (Å²) in [5.41, 5.74) is -0.321. The summed E-state index contributed by atoms with van der Waals surface area (Å²) in [4.78, 5) is 24.5. The number of carbonyl (C=O) groups excluding carboxylic acids is 2. The Labute approximate surface area is 85.5 Å². The van der Waals surface area contributed by atoms with Gasteiger partial charge in [-0.25, -0.2) is 0 Å². The summed E-state index contributed by atoms with van der Waals surface area (Å²) in [6, 6.07) is 0. The second-order valence-electron chi connectivity index (χ2n) is 5.03. The van der Waals surface area contributed by atoms with Gasteiger partial charge in [-0.1, -0.05) is 13.8 Å². The monoisotopic (exact) mass is 197 g/mol. The smallest absolute Gasteiger partial charge is 0.230 e. The largest absolute Gasteiger partial charge is 0.277 e. The third-order valence-corrected chi connectivity index (χ3v) is 2.56. The summed E-state index contributed by atoms with van der Waals surface area (Å²) in [5.74, 6) is 0.465. The lowest BCUT2D eigenvalue weighted by Gasteiger charge is -2.35. The van der Waals surface area contributed by atoms with Gasteiger partial charge >= 0.3 is 0 Å². The van der Waals surface area contributed by atoms with Crippen LogP contribution in [-0.2, 0) is 9.59 Å². The molecule has 80 valence electrons. The van der Waals surface area contributed by atoms with Crippen molar-refractivity contribution in [1.82, 2.24) is 4.90 Å². The van der Waals surface area contributed by atoms with Gasteiger partial charge in [0.2, 0.25) is 11.8 Å². The molecule has 0 N–H and O–H groups in total. The molecule has 0 aromatic carbocycles. The maximum atomic E-state index is 11.5. The highest BCUT2D eigenvalue weighted by Crippen LogP contribution is 2.28. The van der Waals surface area contributed by atoms with E-state index in [9.17, 15) is 9.59 Å². The van der Waals surface area contributed by atoms with Crippen molar-refractivity contribution in [2.75, 3.05) is 0 Å². The summed E-state index contributed by atoms with van der Waals surface area (Å²) >= 11 is 0. The summed E-state index contributed by atoms with van der Waals surface area (Å²) < 4.78 is 0. The fourth-order valence-corrected chi connectivity index (χ4v) is 2.34. The lowest BCUT2D eigenvalue weighted by Crippen LogP contribution is -2.47. The molecule has 0 aliphatic carbocycles. The molecule has 14 heavy (non-hydrogen) atoms. The Balaban J connectivity index is 2.79. The Hall–Kier alpha value is -0.860. The van der Waals surface area contributed by atoms with E-state index >= 15 is 0 Å². The third-order valence-electron chi connectivity index (χ3n) is 2.56. The van der Waals surface area contributed by atoms with Crippen LogP contribution in [0.5, 0.6) is 0 Å². The molecule has 1 fully saturated rings. The number of imide groups is 1. The van der Waals surface area contributed by atoms with Crippen molar-refractivity contribution in [2.24, 2.45) is 5.92 Å². The number of rotatable bonds is 3. The topological polar surface area (TPSA) is 37.4 Å². The van der Waals surface area contributed by atoms with Crippen molar-refractivity contribution in [3.8, 4) is 0 Å². The van der Waals surface area contributed by atoms with E-state index in [1.807, 2.05) is 13.8 Å². The third kappa shape index (κ3) is 2.14. The zero-order valence-electron chi connectivity index (χ0n) is 9.46. The Bertz CT molecular complexity index is 240. The van der Waals surface area contributed by atoms with Crippen LogP contribution in [0.4, 0.5) is 0 Å². The van der Waals surface area contributed by atoms with Crippen LogP contribution in [0.25, 0.3) is 0 Å². The molecule has 0 unspecified atom stereocenters. The predicted molar refractivity (Wildman–Crippen MR) is 54.6 cm³/mol. The second kappa shape index (κ2) is 3.71. The van der Waals surface area contributed by atoms with Gasteiger partial charge in [0.25, 0.3) is 0 Å². The SMILES string of the molecule is CC(C)CC(C)(C)N1C(=O)CCC1=O. The number of carbonyl (C=O) groups is 2. The van der Waals surface area contributed by atoms with Crippen LogP contribution in [0.15, 0.2) is 0 Å². The van der Waals surface area contributed by atoms with E-state index in [-0.39, 0.29) is 17.4 Å². The van der Waals surface area contributed by atoms with E-state index in [1.54, 1.807) is 0 Å². The van der Waals surface area contributed by atoms with E-state index in [1.165, 1.54) is 4.90 Å². The summed E-state index contributed by atoms with van der Waals surface area (Å²) in [6.45, 7) is 8.14. The molecule has 1 heterocycles. The van der Waals surface area contributed by atoms with Crippen LogP contribution in [-0.4, -0.2) is 22.3 Å². The van der Waals surface area contributed by atoms with E-state index in [0.717, 1.165) is 6.42 Å². The van der Waals surface area contributed by atoms with E-state index < -0.39 is 0 Å². The molecule has 1 aliphatic heterocycles. The number of likely N-dealkylation sites (tertiary alicyclic amines) is 1. The summed E-state index contributed by atoms with van der Waals surface area (Å²) in [7, 11) is 0. The average molecular weight is 197 g/mol. The highest BCUT2D eigenvalue weighted by atomic mass is 16.2. The second-order valence-corrected chi connectivity index (χ2v) is 5.03. The first kappa shape index (κ1) is 11.2. The van der Waals surface area contributed by atoms with Gasteiger partial charge in [0.1, 0.15) is 0 Å². The number of amides is 2. The Morgan fingerprint density at radius 1 is 1.21 bits per heavy atom. The molecule has 2 amide bonds. The van der Waals surface area contributed by atoms with Crippen LogP contribution in [0, 0.1) is 5.92 Å². The van der Waals surface area contributed by atoms with Gasteiger partial charge in [0, 0.05) is 18.4 Å². The van der Waals surface area contributed by atoms with Gasteiger partial charge in [-0.15, -0.1) is 0 Å². The molecule has 0 aromatic rings. The molecular weight excluding hydrogens is 178 g/mol. The Morgan fingerprint density at radius 3 is 2.00 bits per heavy atom. The number of nitrogens with zero attached hydrogens (tertiary/aromatic N) is 1. The van der Waals surface area contributed by atoms with Gasteiger partial charge < -0.3 is 0 Å². The molecule has 0 radical (unpaired) electrons. The molecule has 1 aliphatic rings. The normalized spacial score (nSPS) is 18.5. The number of hydrogen-bond donors (Lipinski definition) is 0. The minimum absolute atomic E-state index is 0.0133. The summed E-state index contributed by atoms with van der Waals surface area (Å²) in [6.07, 6.45) is 1.64. The molecule has 3 nitrogen and oxygen atoms in total. The number of hydrogen-bond acceptors (Lipinski definition) is 2. The van der Waals surface area contributed by atoms with Crippen molar-refractivity contribution in [3.63, 3.8) is 0 Å². The van der Waals surface area contributed by atoms with Crippen molar-refractivity contribution < 1.29 is 9.59 Å². The van der Waals surface area contributed by atoms with Crippen molar-refractivity contribution >= 4 is 11.8 Å². The maximum absolute atomic E-state index is 11.5. The van der Waals surface area contributed by atoms with E-state index in [0.29, 0.717) is 18.8 Å². The van der Waals surface area contributed by atoms with Gasteiger partial charge in [0.05, 0.1) is 0 Å². The molecular formula is C11H19NO2. The van der Waals surface area contributed by atoms with Crippen LogP contribution in [0.3, 0.4) is 0 Å². The van der Waals surface area contributed by atoms with E-state index in [4.69, 9.17) is 0 Å². The van der Waals surface area contributed by atoms with Gasteiger partial charge in [-0.05, 0) is 26.2 Å². The first-order valence-electron chi connectivity index (χ1n) is 5.20. The van der Waals surface area contributed by atoms with Gasteiger partial charge in [0.15, 0.2) is 0 Å². The maximum Gasteiger partial charge on any atom is 0.230 e. The Kier molecular flexibility index (Phi) is 2.98. The van der Waals surface area contributed by atoms with Gasteiger partial charge in [-0.3, -0.25) is 14.5 Å². The van der Waals surface area contributed by atoms with Crippen molar-refractivity contribution in [1.29, 1.82) is 0 Å². The minimum atomic E-state index is -0.321. The quantitative estimate of drug-likeness (QED) is 0.648. The van der Waals surface area contributed by atoms with Crippen LogP contribution >= 0.6 is 0 Å². The van der Waals surface area contributed by atoms with Crippen molar-refractivity contribution in [3.05, 3.63) is 0 Å².